The van der Waals surface area contributed by atoms with E-state index in [1.165, 1.54) is 5.69 Å². The molecule has 2 aromatic rings. The van der Waals surface area contributed by atoms with E-state index in [0.717, 1.165) is 17.7 Å². The van der Waals surface area contributed by atoms with Crippen molar-refractivity contribution in [1.82, 2.24) is 14.8 Å². The Balaban J connectivity index is 1.66. The van der Waals surface area contributed by atoms with Crippen molar-refractivity contribution in [1.29, 1.82) is 0 Å². The van der Waals surface area contributed by atoms with Crippen molar-refractivity contribution in [2.45, 2.75) is 12.5 Å². The second-order valence-electron chi connectivity index (χ2n) is 6.13. The SMILES string of the molecule is CN(C)[C@@H](C(=O)NCCc1cccn1C)c1ccc2c(c1)OCO2. The second-order valence-corrected chi connectivity index (χ2v) is 6.13. The molecular formula is C18H23N3O3. The van der Waals surface area contributed by atoms with Gasteiger partial charge in [0.1, 0.15) is 6.04 Å². The van der Waals surface area contributed by atoms with Gasteiger partial charge in [-0.15, -0.1) is 0 Å². The van der Waals surface area contributed by atoms with Crippen LogP contribution in [0.1, 0.15) is 17.3 Å². The lowest BCUT2D eigenvalue weighted by Gasteiger charge is -2.24. The zero-order chi connectivity index (χ0) is 17.1. The standard InChI is InChI=1S/C18H23N3O3/c1-20(2)17(13-6-7-15-16(11-13)24-12-23-15)18(22)19-9-8-14-5-4-10-21(14)3/h4-7,10-11,17H,8-9,12H2,1-3H3,(H,19,22)/t17-/m1/s1. The maximum Gasteiger partial charge on any atom is 0.241 e. The van der Waals surface area contributed by atoms with Crippen LogP contribution >= 0.6 is 0 Å². The highest BCUT2D eigenvalue weighted by atomic mass is 16.7. The van der Waals surface area contributed by atoms with Gasteiger partial charge < -0.3 is 19.4 Å². The van der Waals surface area contributed by atoms with Crippen LogP contribution in [0, 0.1) is 0 Å². The van der Waals surface area contributed by atoms with E-state index in [1.807, 2.05) is 56.5 Å². The summed E-state index contributed by atoms with van der Waals surface area (Å²) in [7, 11) is 5.80. The molecule has 0 saturated carbocycles. The molecule has 1 aromatic heterocycles. The summed E-state index contributed by atoms with van der Waals surface area (Å²) in [6.07, 6.45) is 2.81. The zero-order valence-electron chi connectivity index (χ0n) is 14.3. The Morgan fingerprint density at radius 2 is 2.08 bits per heavy atom. The van der Waals surface area contributed by atoms with Gasteiger partial charge in [0.05, 0.1) is 0 Å². The Kier molecular flexibility index (Phi) is 4.76. The van der Waals surface area contributed by atoms with Crippen LogP contribution in [0.2, 0.25) is 0 Å². The van der Waals surface area contributed by atoms with Crippen molar-refractivity contribution < 1.29 is 14.3 Å². The third-order valence-corrected chi connectivity index (χ3v) is 4.21. The minimum absolute atomic E-state index is 0.0203. The molecule has 0 unspecified atom stereocenters. The molecule has 1 aromatic carbocycles. The van der Waals surface area contributed by atoms with Gasteiger partial charge in [-0.25, -0.2) is 0 Å². The summed E-state index contributed by atoms with van der Waals surface area (Å²) in [5.74, 6) is 1.39. The zero-order valence-corrected chi connectivity index (χ0v) is 14.3. The van der Waals surface area contributed by atoms with E-state index in [2.05, 4.69) is 16.0 Å². The van der Waals surface area contributed by atoms with Crippen molar-refractivity contribution >= 4 is 5.91 Å². The molecule has 0 saturated heterocycles. The largest absolute Gasteiger partial charge is 0.454 e. The minimum Gasteiger partial charge on any atom is -0.454 e. The summed E-state index contributed by atoms with van der Waals surface area (Å²) in [5, 5.41) is 3.03. The first-order valence-electron chi connectivity index (χ1n) is 8.00. The first-order valence-corrected chi connectivity index (χ1v) is 8.00. The number of likely N-dealkylation sites (N-methyl/N-ethyl adjacent to an activating group) is 1. The van der Waals surface area contributed by atoms with Crippen molar-refractivity contribution in [3.8, 4) is 11.5 Å². The van der Waals surface area contributed by atoms with Crippen LogP contribution in [0.3, 0.4) is 0 Å². The molecular weight excluding hydrogens is 306 g/mol. The first-order chi connectivity index (χ1) is 11.6. The van der Waals surface area contributed by atoms with Crippen molar-refractivity contribution in [2.24, 2.45) is 7.05 Å². The fourth-order valence-electron chi connectivity index (χ4n) is 2.93. The fourth-order valence-corrected chi connectivity index (χ4v) is 2.93. The molecule has 1 atom stereocenters. The Hall–Kier alpha value is -2.47. The highest BCUT2D eigenvalue weighted by Gasteiger charge is 2.25. The Morgan fingerprint density at radius 3 is 2.79 bits per heavy atom. The van der Waals surface area contributed by atoms with E-state index in [9.17, 15) is 4.79 Å². The lowest BCUT2D eigenvalue weighted by molar-refractivity contribution is -0.125. The predicted molar refractivity (Wildman–Crippen MR) is 91.1 cm³/mol. The first kappa shape index (κ1) is 16.4. The van der Waals surface area contributed by atoms with Gasteiger partial charge in [0, 0.05) is 31.9 Å². The van der Waals surface area contributed by atoms with Gasteiger partial charge in [-0.1, -0.05) is 6.07 Å². The van der Waals surface area contributed by atoms with Crippen LogP contribution < -0.4 is 14.8 Å². The quantitative estimate of drug-likeness (QED) is 0.877. The number of fused-ring (bicyclic) bond motifs is 1. The minimum atomic E-state index is -0.368. The van der Waals surface area contributed by atoms with Crippen LogP contribution in [0.15, 0.2) is 36.5 Å². The molecule has 1 aliphatic rings. The van der Waals surface area contributed by atoms with Crippen LogP contribution in [0.25, 0.3) is 0 Å². The summed E-state index contributed by atoms with van der Waals surface area (Å²) in [6.45, 7) is 0.833. The molecule has 0 fully saturated rings. The highest BCUT2D eigenvalue weighted by molar-refractivity contribution is 5.83. The van der Waals surface area contributed by atoms with E-state index in [0.29, 0.717) is 12.3 Å². The lowest BCUT2D eigenvalue weighted by atomic mass is 10.0. The Bertz CT molecular complexity index is 724. The number of carbonyl (C=O) groups excluding carboxylic acids is 1. The molecule has 1 aliphatic heterocycles. The number of nitrogens with one attached hydrogen (secondary N) is 1. The third kappa shape index (κ3) is 3.38. The van der Waals surface area contributed by atoms with Crippen LogP contribution in [0.4, 0.5) is 0 Å². The smallest absolute Gasteiger partial charge is 0.241 e. The van der Waals surface area contributed by atoms with E-state index in [4.69, 9.17) is 9.47 Å². The molecule has 128 valence electrons. The summed E-state index contributed by atoms with van der Waals surface area (Å²) in [4.78, 5) is 14.6. The number of hydrogen-bond acceptors (Lipinski definition) is 4. The van der Waals surface area contributed by atoms with Gasteiger partial charge in [0.2, 0.25) is 12.7 Å². The maximum absolute atomic E-state index is 12.7. The number of rotatable bonds is 6. The number of amides is 1. The Labute approximate surface area is 142 Å². The summed E-state index contributed by atoms with van der Waals surface area (Å²) in [5.41, 5.74) is 2.08. The van der Waals surface area contributed by atoms with Gasteiger partial charge in [0.25, 0.3) is 0 Å². The van der Waals surface area contributed by atoms with Crippen LogP contribution in [-0.4, -0.2) is 42.8 Å². The molecule has 0 radical (unpaired) electrons. The molecule has 1 amide bonds. The highest BCUT2D eigenvalue weighted by Crippen LogP contribution is 2.35. The number of benzene rings is 1. The number of nitrogens with zero attached hydrogens (tertiary/aromatic N) is 2. The van der Waals surface area contributed by atoms with E-state index >= 15 is 0 Å². The maximum atomic E-state index is 12.7. The van der Waals surface area contributed by atoms with Gasteiger partial charge in [-0.3, -0.25) is 9.69 Å². The summed E-state index contributed by atoms with van der Waals surface area (Å²) < 4.78 is 12.8. The number of ether oxygens (including phenoxy) is 2. The second kappa shape index (κ2) is 6.97. The topological polar surface area (TPSA) is 55.7 Å². The monoisotopic (exact) mass is 329 g/mol. The molecule has 6 heteroatoms. The van der Waals surface area contributed by atoms with Gasteiger partial charge in [-0.2, -0.15) is 0 Å². The molecule has 0 bridgehead atoms. The van der Waals surface area contributed by atoms with Crippen molar-refractivity contribution in [3.05, 3.63) is 47.8 Å². The Morgan fingerprint density at radius 1 is 1.29 bits per heavy atom. The molecule has 6 nitrogen and oxygen atoms in total. The van der Waals surface area contributed by atoms with E-state index in [-0.39, 0.29) is 18.7 Å². The molecule has 0 spiro atoms. The third-order valence-electron chi connectivity index (χ3n) is 4.21. The van der Waals surface area contributed by atoms with Gasteiger partial charge in [0.15, 0.2) is 11.5 Å². The van der Waals surface area contributed by atoms with Gasteiger partial charge >= 0.3 is 0 Å². The molecule has 3 rings (SSSR count). The lowest BCUT2D eigenvalue weighted by Crippen LogP contribution is -2.38. The molecule has 1 N–H and O–H groups in total. The fraction of sp³-hybridized carbons (Fsp3) is 0.389. The molecule has 0 aliphatic carbocycles. The summed E-state index contributed by atoms with van der Waals surface area (Å²) >= 11 is 0. The van der Waals surface area contributed by atoms with Crippen molar-refractivity contribution in [3.63, 3.8) is 0 Å². The normalized spacial score (nSPS) is 14.0. The number of hydrogen-bond donors (Lipinski definition) is 1. The number of aromatic nitrogens is 1. The molecule has 2 heterocycles. The number of carbonyl (C=O) groups is 1. The predicted octanol–water partition coefficient (Wildman–Crippen LogP) is 1.72. The summed E-state index contributed by atoms with van der Waals surface area (Å²) in [6, 6.07) is 9.34. The average Bonchev–Trinajstić information content (AvgIpc) is 3.16. The number of aryl methyl sites for hydroxylation is 1. The average molecular weight is 329 g/mol. The van der Waals surface area contributed by atoms with E-state index < -0.39 is 0 Å². The van der Waals surface area contributed by atoms with Crippen molar-refractivity contribution in [2.75, 3.05) is 27.4 Å². The van der Waals surface area contributed by atoms with Gasteiger partial charge in [-0.05, 0) is 43.9 Å². The van der Waals surface area contributed by atoms with Crippen LogP contribution in [0.5, 0.6) is 11.5 Å². The van der Waals surface area contributed by atoms with Crippen LogP contribution in [-0.2, 0) is 18.3 Å². The van der Waals surface area contributed by atoms with E-state index in [1.54, 1.807) is 0 Å². The molecule has 24 heavy (non-hydrogen) atoms.